The fraction of sp³-hybridized carbons (Fsp3) is 0.667. The van der Waals surface area contributed by atoms with Crippen molar-refractivity contribution in [1.82, 2.24) is 9.80 Å². The molecule has 1 aromatic carbocycles. The second-order valence-electron chi connectivity index (χ2n) is 7.75. The summed E-state index contributed by atoms with van der Waals surface area (Å²) in [7, 11) is 0. The van der Waals surface area contributed by atoms with Gasteiger partial charge in [0.05, 0.1) is 0 Å². The lowest BCUT2D eigenvalue weighted by Crippen LogP contribution is -2.45. The monoisotopic (exact) mass is 328 g/mol. The summed E-state index contributed by atoms with van der Waals surface area (Å²) in [6, 6.07) is 8.99. The lowest BCUT2D eigenvalue weighted by atomic mass is 9.92. The Morgan fingerprint density at radius 3 is 2.33 bits per heavy atom. The molecule has 1 aromatic rings. The van der Waals surface area contributed by atoms with Crippen LogP contribution in [-0.4, -0.2) is 41.9 Å². The van der Waals surface area contributed by atoms with Crippen molar-refractivity contribution in [2.45, 2.75) is 52.5 Å². The number of amides is 1. The van der Waals surface area contributed by atoms with Crippen LogP contribution in [0.5, 0.6) is 0 Å². The van der Waals surface area contributed by atoms with Gasteiger partial charge in [0, 0.05) is 25.6 Å². The molecule has 3 heteroatoms. The molecular formula is C21H32N2O. The summed E-state index contributed by atoms with van der Waals surface area (Å²) < 4.78 is 0. The maximum Gasteiger partial charge on any atom is 0.225 e. The standard InChI is InChI=1S/C21H32N2O/c1-3-18-6-8-19(9-7-18)16-22-13-10-20(11-14-22)21(24)23-12-4-5-17(2)15-23/h6-9,17,20H,3-5,10-16H2,1-2H3/t17-/m1/s1. The van der Waals surface area contributed by atoms with Gasteiger partial charge in [-0.05, 0) is 62.2 Å². The van der Waals surface area contributed by atoms with Crippen molar-refractivity contribution in [3.8, 4) is 0 Å². The Hall–Kier alpha value is -1.35. The molecule has 3 nitrogen and oxygen atoms in total. The Labute approximate surface area is 147 Å². The SMILES string of the molecule is CCc1ccc(CN2CCC(C(=O)N3CCC[C@@H](C)C3)CC2)cc1. The van der Waals surface area contributed by atoms with Gasteiger partial charge in [-0.3, -0.25) is 9.69 Å². The number of nitrogens with zero attached hydrogens (tertiary/aromatic N) is 2. The summed E-state index contributed by atoms with van der Waals surface area (Å²) >= 11 is 0. The van der Waals surface area contributed by atoms with E-state index >= 15 is 0 Å². The number of piperidine rings is 2. The first-order chi connectivity index (χ1) is 11.7. The molecule has 2 saturated heterocycles. The van der Waals surface area contributed by atoms with Crippen LogP contribution >= 0.6 is 0 Å². The van der Waals surface area contributed by atoms with Crippen LogP contribution in [-0.2, 0) is 17.8 Å². The van der Waals surface area contributed by atoms with Gasteiger partial charge in [0.25, 0.3) is 0 Å². The highest BCUT2D eigenvalue weighted by Gasteiger charge is 2.30. The fourth-order valence-electron chi connectivity index (χ4n) is 4.12. The van der Waals surface area contributed by atoms with E-state index in [1.807, 2.05) is 0 Å². The van der Waals surface area contributed by atoms with Gasteiger partial charge in [0.1, 0.15) is 0 Å². The third kappa shape index (κ3) is 4.38. The van der Waals surface area contributed by atoms with Crippen LogP contribution in [0.4, 0.5) is 0 Å². The molecular weight excluding hydrogens is 296 g/mol. The van der Waals surface area contributed by atoms with E-state index in [4.69, 9.17) is 0 Å². The van der Waals surface area contributed by atoms with Crippen molar-refractivity contribution in [2.24, 2.45) is 11.8 Å². The predicted octanol–water partition coefficient (Wildman–Crippen LogP) is 3.72. The smallest absolute Gasteiger partial charge is 0.225 e. The van der Waals surface area contributed by atoms with E-state index in [2.05, 4.69) is 47.9 Å². The maximum absolute atomic E-state index is 12.7. The van der Waals surface area contributed by atoms with Gasteiger partial charge in [-0.25, -0.2) is 0 Å². The average Bonchev–Trinajstić information content (AvgIpc) is 2.62. The molecule has 0 aliphatic carbocycles. The molecule has 2 aliphatic rings. The van der Waals surface area contributed by atoms with Crippen LogP contribution in [0.2, 0.25) is 0 Å². The molecule has 0 bridgehead atoms. The van der Waals surface area contributed by atoms with Crippen molar-refractivity contribution < 1.29 is 4.79 Å². The Kier molecular flexibility index (Phi) is 5.94. The van der Waals surface area contributed by atoms with Gasteiger partial charge >= 0.3 is 0 Å². The van der Waals surface area contributed by atoms with E-state index in [1.165, 1.54) is 24.0 Å². The minimum Gasteiger partial charge on any atom is -0.342 e. The highest BCUT2D eigenvalue weighted by Crippen LogP contribution is 2.24. The van der Waals surface area contributed by atoms with E-state index < -0.39 is 0 Å². The van der Waals surface area contributed by atoms with E-state index in [-0.39, 0.29) is 5.92 Å². The number of carbonyl (C=O) groups excluding carboxylic acids is 1. The normalized spacial score (nSPS) is 23.4. The number of hydrogen-bond donors (Lipinski definition) is 0. The van der Waals surface area contributed by atoms with Gasteiger partial charge in [-0.2, -0.15) is 0 Å². The summed E-state index contributed by atoms with van der Waals surface area (Å²) in [6.07, 6.45) is 5.61. The van der Waals surface area contributed by atoms with E-state index in [9.17, 15) is 4.79 Å². The third-order valence-corrected chi connectivity index (χ3v) is 5.74. The first kappa shape index (κ1) is 17.5. The van der Waals surface area contributed by atoms with Crippen molar-refractivity contribution >= 4 is 5.91 Å². The van der Waals surface area contributed by atoms with Crippen molar-refractivity contribution in [1.29, 1.82) is 0 Å². The number of hydrogen-bond acceptors (Lipinski definition) is 2. The lowest BCUT2D eigenvalue weighted by molar-refractivity contribution is -0.138. The molecule has 0 spiro atoms. The lowest BCUT2D eigenvalue weighted by Gasteiger charge is -2.37. The number of benzene rings is 1. The van der Waals surface area contributed by atoms with Crippen LogP contribution in [0.25, 0.3) is 0 Å². The van der Waals surface area contributed by atoms with Gasteiger partial charge in [-0.15, -0.1) is 0 Å². The zero-order valence-corrected chi connectivity index (χ0v) is 15.3. The van der Waals surface area contributed by atoms with E-state index in [1.54, 1.807) is 0 Å². The van der Waals surface area contributed by atoms with Crippen LogP contribution in [0.3, 0.4) is 0 Å². The number of rotatable bonds is 4. The van der Waals surface area contributed by atoms with Gasteiger partial charge in [-0.1, -0.05) is 38.1 Å². The molecule has 2 heterocycles. The van der Waals surface area contributed by atoms with Crippen LogP contribution in [0.1, 0.15) is 50.7 Å². The predicted molar refractivity (Wildman–Crippen MR) is 98.8 cm³/mol. The number of likely N-dealkylation sites (tertiary alicyclic amines) is 2. The van der Waals surface area contributed by atoms with Crippen molar-refractivity contribution in [3.05, 3.63) is 35.4 Å². The summed E-state index contributed by atoms with van der Waals surface area (Å²) in [5, 5.41) is 0. The second kappa shape index (κ2) is 8.15. The second-order valence-corrected chi connectivity index (χ2v) is 7.75. The van der Waals surface area contributed by atoms with E-state index in [0.29, 0.717) is 11.8 Å². The first-order valence-corrected chi connectivity index (χ1v) is 9.74. The molecule has 24 heavy (non-hydrogen) atoms. The first-order valence-electron chi connectivity index (χ1n) is 9.74. The molecule has 0 unspecified atom stereocenters. The van der Waals surface area contributed by atoms with Crippen molar-refractivity contribution in [2.75, 3.05) is 26.2 Å². The summed E-state index contributed by atoms with van der Waals surface area (Å²) in [6.45, 7) is 9.54. The quantitative estimate of drug-likeness (QED) is 0.841. The summed E-state index contributed by atoms with van der Waals surface area (Å²) in [5.41, 5.74) is 2.79. The van der Waals surface area contributed by atoms with Crippen LogP contribution in [0, 0.1) is 11.8 Å². The van der Waals surface area contributed by atoms with E-state index in [0.717, 1.165) is 52.0 Å². The van der Waals surface area contributed by atoms with Crippen LogP contribution < -0.4 is 0 Å². The molecule has 0 N–H and O–H groups in total. The number of aryl methyl sites for hydroxylation is 1. The third-order valence-electron chi connectivity index (χ3n) is 5.74. The highest BCUT2D eigenvalue weighted by molar-refractivity contribution is 5.79. The molecule has 132 valence electrons. The molecule has 1 amide bonds. The zero-order chi connectivity index (χ0) is 16.9. The molecule has 3 rings (SSSR count). The minimum absolute atomic E-state index is 0.258. The molecule has 1 atom stereocenters. The van der Waals surface area contributed by atoms with Gasteiger partial charge < -0.3 is 4.90 Å². The molecule has 0 aromatic heterocycles. The summed E-state index contributed by atoms with van der Waals surface area (Å²) in [5.74, 6) is 1.36. The van der Waals surface area contributed by atoms with Crippen LogP contribution in [0.15, 0.2) is 24.3 Å². The summed E-state index contributed by atoms with van der Waals surface area (Å²) in [4.78, 5) is 17.4. The van der Waals surface area contributed by atoms with Gasteiger partial charge in [0.2, 0.25) is 5.91 Å². The Balaban J connectivity index is 1.47. The Morgan fingerprint density at radius 2 is 1.71 bits per heavy atom. The fourth-order valence-corrected chi connectivity index (χ4v) is 4.12. The highest BCUT2D eigenvalue weighted by atomic mass is 16.2. The topological polar surface area (TPSA) is 23.6 Å². The molecule has 2 aliphatic heterocycles. The largest absolute Gasteiger partial charge is 0.342 e. The molecule has 2 fully saturated rings. The number of carbonyl (C=O) groups is 1. The zero-order valence-electron chi connectivity index (χ0n) is 15.3. The minimum atomic E-state index is 0.258. The average molecular weight is 329 g/mol. The molecule has 0 radical (unpaired) electrons. The Morgan fingerprint density at radius 1 is 1.04 bits per heavy atom. The maximum atomic E-state index is 12.7. The molecule has 0 saturated carbocycles. The van der Waals surface area contributed by atoms with Crippen molar-refractivity contribution in [3.63, 3.8) is 0 Å². The Bertz CT molecular complexity index is 531. The van der Waals surface area contributed by atoms with Gasteiger partial charge in [0.15, 0.2) is 0 Å².